The van der Waals surface area contributed by atoms with E-state index in [2.05, 4.69) is 5.32 Å². The van der Waals surface area contributed by atoms with E-state index >= 15 is 0 Å². The van der Waals surface area contributed by atoms with Gasteiger partial charge in [0.2, 0.25) is 0 Å². The minimum atomic E-state index is -0.791. The Bertz CT molecular complexity index is 488. The van der Waals surface area contributed by atoms with Gasteiger partial charge in [-0.1, -0.05) is 19.3 Å². The molecular formula is C15H22N2O5. The number of imide groups is 1. The van der Waals surface area contributed by atoms with Gasteiger partial charge in [0, 0.05) is 18.9 Å². The van der Waals surface area contributed by atoms with E-state index in [0.717, 1.165) is 19.3 Å². The maximum absolute atomic E-state index is 11.9. The number of rotatable bonds is 8. The van der Waals surface area contributed by atoms with E-state index in [-0.39, 0.29) is 30.2 Å². The molecule has 1 fully saturated rings. The number of amides is 3. The van der Waals surface area contributed by atoms with Gasteiger partial charge in [-0.05, 0) is 25.3 Å². The van der Waals surface area contributed by atoms with Crippen molar-refractivity contribution >= 4 is 17.9 Å². The highest BCUT2D eigenvalue weighted by molar-refractivity contribution is 6.04. The van der Waals surface area contributed by atoms with Gasteiger partial charge in [-0.25, -0.2) is 4.79 Å². The number of carboxylic acid groups (broad SMARTS) is 1. The molecule has 0 bridgehead atoms. The van der Waals surface area contributed by atoms with Gasteiger partial charge in [0.1, 0.15) is 6.04 Å². The van der Waals surface area contributed by atoms with Crippen molar-refractivity contribution in [2.75, 3.05) is 0 Å². The fraction of sp³-hybridized carbons (Fsp3) is 0.667. The number of carbonyl (C=O) groups is 3. The van der Waals surface area contributed by atoms with Crippen LogP contribution in [0.1, 0.15) is 51.4 Å². The van der Waals surface area contributed by atoms with E-state index in [1.807, 2.05) is 0 Å². The second kappa shape index (κ2) is 7.29. The molecule has 0 saturated carbocycles. The average molecular weight is 310 g/mol. The molecule has 22 heavy (non-hydrogen) atoms. The molecule has 2 aliphatic rings. The molecule has 7 nitrogen and oxygen atoms in total. The Morgan fingerprint density at radius 2 is 2.00 bits per heavy atom. The Kier molecular flexibility index (Phi) is 5.41. The van der Waals surface area contributed by atoms with E-state index in [9.17, 15) is 19.5 Å². The summed E-state index contributed by atoms with van der Waals surface area (Å²) in [6, 6.07) is -1.01. The molecule has 122 valence electrons. The lowest BCUT2D eigenvalue weighted by Crippen LogP contribution is -2.42. The molecule has 7 heteroatoms. The molecule has 2 unspecified atom stereocenters. The second-order valence-corrected chi connectivity index (χ2v) is 5.85. The third-order valence-electron chi connectivity index (χ3n) is 4.18. The van der Waals surface area contributed by atoms with Crippen molar-refractivity contribution in [3.8, 4) is 0 Å². The van der Waals surface area contributed by atoms with Crippen molar-refractivity contribution in [2.45, 2.75) is 63.5 Å². The molecule has 1 aliphatic heterocycles. The van der Waals surface area contributed by atoms with Crippen molar-refractivity contribution < 1.29 is 24.6 Å². The molecule has 3 amide bonds. The van der Waals surface area contributed by atoms with Crippen molar-refractivity contribution in [3.63, 3.8) is 0 Å². The van der Waals surface area contributed by atoms with E-state index in [4.69, 9.17) is 5.11 Å². The van der Waals surface area contributed by atoms with Crippen molar-refractivity contribution in [2.24, 2.45) is 0 Å². The number of nitrogens with one attached hydrogen (secondary N) is 1. The van der Waals surface area contributed by atoms with Crippen molar-refractivity contribution in [3.05, 3.63) is 11.8 Å². The van der Waals surface area contributed by atoms with Gasteiger partial charge in [0.05, 0.1) is 5.76 Å². The minimum absolute atomic E-state index is 0.150. The molecular weight excluding hydrogens is 288 g/mol. The van der Waals surface area contributed by atoms with E-state index in [1.54, 1.807) is 11.0 Å². The van der Waals surface area contributed by atoms with Crippen LogP contribution < -0.4 is 5.32 Å². The number of urea groups is 1. The first-order valence-corrected chi connectivity index (χ1v) is 7.72. The molecule has 2 rings (SSSR count). The summed E-state index contributed by atoms with van der Waals surface area (Å²) < 4.78 is 0. The van der Waals surface area contributed by atoms with Gasteiger partial charge in [-0.15, -0.1) is 0 Å². The lowest BCUT2D eigenvalue weighted by molar-refractivity contribution is -0.137. The second-order valence-electron chi connectivity index (χ2n) is 5.85. The topological polar surface area (TPSA) is 107 Å². The molecule has 2 atom stereocenters. The summed E-state index contributed by atoms with van der Waals surface area (Å²) >= 11 is 0. The number of hydrogen-bond acceptors (Lipinski definition) is 4. The highest BCUT2D eigenvalue weighted by atomic mass is 16.4. The third-order valence-corrected chi connectivity index (χ3v) is 4.18. The average Bonchev–Trinajstić information content (AvgIpc) is 2.97. The predicted molar refractivity (Wildman–Crippen MR) is 78.2 cm³/mol. The van der Waals surface area contributed by atoms with Crippen LogP contribution in [0.2, 0.25) is 0 Å². The largest absolute Gasteiger partial charge is 0.513 e. The van der Waals surface area contributed by atoms with Crippen LogP contribution in [0.25, 0.3) is 0 Å². The maximum atomic E-state index is 11.9. The Hall–Kier alpha value is -2.05. The van der Waals surface area contributed by atoms with Gasteiger partial charge in [-0.3, -0.25) is 14.9 Å². The molecule has 0 spiro atoms. The molecule has 1 saturated heterocycles. The van der Waals surface area contributed by atoms with Crippen LogP contribution in [0.15, 0.2) is 11.8 Å². The number of carbonyl (C=O) groups excluding carboxylic acids is 2. The van der Waals surface area contributed by atoms with Crippen LogP contribution >= 0.6 is 0 Å². The number of aliphatic carboxylic acids is 1. The van der Waals surface area contributed by atoms with Crippen LogP contribution in [0.4, 0.5) is 4.79 Å². The Balaban J connectivity index is 1.78. The summed E-state index contributed by atoms with van der Waals surface area (Å²) in [5.41, 5.74) is 0. The summed E-state index contributed by atoms with van der Waals surface area (Å²) in [5.74, 6) is -0.799. The van der Waals surface area contributed by atoms with Gasteiger partial charge >= 0.3 is 12.0 Å². The summed E-state index contributed by atoms with van der Waals surface area (Å²) in [6.45, 7) is 0. The highest BCUT2D eigenvalue weighted by Gasteiger charge is 2.42. The van der Waals surface area contributed by atoms with Gasteiger partial charge in [0.25, 0.3) is 5.91 Å². The smallest absolute Gasteiger partial charge is 0.325 e. The van der Waals surface area contributed by atoms with Crippen LogP contribution in [-0.4, -0.2) is 45.1 Å². The summed E-state index contributed by atoms with van der Waals surface area (Å²) in [4.78, 5) is 35.8. The molecule has 0 aromatic carbocycles. The van der Waals surface area contributed by atoms with E-state index < -0.39 is 12.0 Å². The molecule has 1 heterocycles. The number of carboxylic acids is 1. The van der Waals surface area contributed by atoms with Crippen molar-refractivity contribution in [1.82, 2.24) is 10.2 Å². The van der Waals surface area contributed by atoms with Crippen LogP contribution in [-0.2, 0) is 9.59 Å². The van der Waals surface area contributed by atoms with E-state index in [0.29, 0.717) is 25.7 Å². The Morgan fingerprint density at radius 3 is 2.64 bits per heavy atom. The van der Waals surface area contributed by atoms with Crippen molar-refractivity contribution in [1.29, 1.82) is 0 Å². The lowest BCUT2D eigenvalue weighted by Gasteiger charge is -2.27. The normalized spacial score (nSPS) is 24.5. The van der Waals surface area contributed by atoms with Crippen LogP contribution in [0, 0.1) is 0 Å². The fourth-order valence-electron chi connectivity index (χ4n) is 3.07. The fourth-order valence-corrected chi connectivity index (χ4v) is 3.07. The standard InChI is InChI=1S/C15H22N2O5/c18-11-8-7-10(9-11)17-12(14(21)16-15(17)22)5-3-1-2-4-6-13(19)20/h8,10,12,18H,1-7,9H2,(H,19,20)(H,16,21,22). The van der Waals surface area contributed by atoms with Crippen LogP contribution in [0.5, 0.6) is 0 Å². The molecule has 0 aromatic rings. The minimum Gasteiger partial charge on any atom is -0.513 e. The number of nitrogens with zero attached hydrogens (tertiary/aromatic N) is 1. The highest BCUT2D eigenvalue weighted by Crippen LogP contribution is 2.28. The molecule has 0 aromatic heterocycles. The number of aliphatic hydroxyl groups excluding tert-OH is 1. The summed E-state index contributed by atoms with van der Waals surface area (Å²) in [5, 5.41) is 20.4. The first kappa shape index (κ1) is 16.3. The number of unbranched alkanes of at least 4 members (excludes halogenated alkanes) is 3. The zero-order chi connectivity index (χ0) is 16.1. The Labute approximate surface area is 129 Å². The molecule has 1 aliphatic carbocycles. The van der Waals surface area contributed by atoms with E-state index in [1.165, 1.54) is 0 Å². The maximum Gasteiger partial charge on any atom is 0.325 e. The lowest BCUT2D eigenvalue weighted by atomic mass is 10.0. The van der Waals surface area contributed by atoms with Crippen LogP contribution in [0.3, 0.4) is 0 Å². The molecule has 3 N–H and O–H groups in total. The zero-order valence-corrected chi connectivity index (χ0v) is 12.5. The number of hydrogen-bond donors (Lipinski definition) is 3. The SMILES string of the molecule is O=C(O)CCCCCCC1C(=O)NC(=O)N1C1CC=C(O)C1. The molecule has 0 radical (unpaired) electrons. The quantitative estimate of drug-likeness (QED) is 0.469. The predicted octanol–water partition coefficient (Wildman–Crippen LogP) is 1.94. The van der Waals surface area contributed by atoms with Gasteiger partial charge < -0.3 is 15.1 Å². The number of aliphatic hydroxyl groups is 1. The summed E-state index contributed by atoms with van der Waals surface area (Å²) in [7, 11) is 0. The third kappa shape index (κ3) is 3.99. The monoisotopic (exact) mass is 310 g/mol. The first-order chi connectivity index (χ1) is 10.5. The summed E-state index contributed by atoms with van der Waals surface area (Å²) in [6.07, 6.45) is 6.45. The Morgan fingerprint density at radius 1 is 1.27 bits per heavy atom. The van der Waals surface area contributed by atoms with Gasteiger partial charge in [-0.2, -0.15) is 0 Å². The zero-order valence-electron chi connectivity index (χ0n) is 12.5. The first-order valence-electron chi connectivity index (χ1n) is 7.72. The van der Waals surface area contributed by atoms with Gasteiger partial charge in [0.15, 0.2) is 0 Å².